The van der Waals surface area contributed by atoms with Gasteiger partial charge in [-0.25, -0.2) is 0 Å². The molecule has 8 atom stereocenters. The van der Waals surface area contributed by atoms with Crippen molar-refractivity contribution >= 4 is 11.6 Å². The van der Waals surface area contributed by atoms with E-state index in [4.69, 9.17) is 4.74 Å². The Kier molecular flexibility index (Phi) is 5.90. The number of hydrogen-bond acceptors (Lipinski definition) is 6. The highest BCUT2D eigenvalue weighted by Crippen LogP contribution is 2.52. The predicted molar refractivity (Wildman–Crippen MR) is 136 cm³/mol. The van der Waals surface area contributed by atoms with Crippen molar-refractivity contribution in [3.63, 3.8) is 0 Å². The Bertz CT molecular complexity index is 1170. The van der Waals surface area contributed by atoms with Crippen LogP contribution in [0.25, 0.3) is 0 Å². The van der Waals surface area contributed by atoms with Crippen molar-refractivity contribution in [1.29, 1.82) is 0 Å². The first-order valence-corrected chi connectivity index (χ1v) is 13.2. The average molecular weight is 495 g/mol. The second-order valence-electron chi connectivity index (χ2n) is 12.2. The summed E-state index contributed by atoms with van der Waals surface area (Å²) in [6.45, 7) is 10.1. The molecule has 0 aromatic rings. The summed E-state index contributed by atoms with van der Waals surface area (Å²) in [6, 6.07) is 0. The van der Waals surface area contributed by atoms with Gasteiger partial charge < -0.3 is 20.1 Å². The lowest BCUT2D eigenvalue weighted by molar-refractivity contribution is -0.118. The molecule has 0 saturated heterocycles. The second kappa shape index (κ2) is 8.37. The lowest BCUT2D eigenvalue weighted by Crippen LogP contribution is -2.50. The van der Waals surface area contributed by atoms with Crippen LogP contribution >= 0.6 is 0 Å². The Morgan fingerprint density at radius 1 is 0.806 bits per heavy atom. The van der Waals surface area contributed by atoms with E-state index in [1.54, 1.807) is 13.0 Å². The first-order chi connectivity index (χ1) is 16.8. The molecule has 36 heavy (non-hydrogen) atoms. The molecule has 6 nitrogen and oxygen atoms in total. The third-order valence-corrected chi connectivity index (χ3v) is 10.1. The smallest absolute Gasteiger partial charge is 0.186 e. The van der Waals surface area contributed by atoms with Crippen LogP contribution in [0.4, 0.5) is 0 Å². The zero-order chi connectivity index (χ0) is 26.2. The summed E-state index contributed by atoms with van der Waals surface area (Å²) in [5.74, 6) is 0.0341. The molecule has 1 aliphatic heterocycles. The van der Waals surface area contributed by atoms with Crippen LogP contribution < -0.4 is 0 Å². The van der Waals surface area contributed by atoms with Crippen molar-refractivity contribution in [1.82, 2.24) is 0 Å². The molecule has 6 heteroatoms. The summed E-state index contributed by atoms with van der Waals surface area (Å²) >= 11 is 0. The van der Waals surface area contributed by atoms with Crippen molar-refractivity contribution in [2.45, 2.75) is 90.6 Å². The molecule has 5 aliphatic rings. The van der Waals surface area contributed by atoms with E-state index >= 15 is 0 Å². The molecule has 0 spiro atoms. The van der Waals surface area contributed by atoms with Gasteiger partial charge in [0.1, 0.15) is 6.10 Å². The van der Waals surface area contributed by atoms with Gasteiger partial charge in [-0.1, -0.05) is 39.8 Å². The summed E-state index contributed by atoms with van der Waals surface area (Å²) in [5.41, 5.74) is 0.764. The Morgan fingerprint density at radius 2 is 1.33 bits per heavy atom. The second-order valence-corrected chi connectivity index (χ2v) is 12.2. The molecule has 3 N–H and O–H groups in total. The van der Waals surface area contributed by atoms with Gasteiger partial charge in [-0.05, 0) is 67.7 Å². The third-order valence-electron chi connectivity index (χ3n) is 10.1. The number of ketones is 2. The van der Waals surface area contributed by atoms with Gasteiger partial charge in [-0.2, -0.15) is 0 Å². The van der Waals surface area contributed by atoms with Crippen LogP contribution in [-0.4, -0.2) is 50.8 Å². The molecule has 0 radical (unpaired) electrons. The summed E-state index contributed by atoms with van der Waals surface area (Å²) in [4.78, 5) is 26.3. The van der Waals surface area contributed by atoms with Crippen LogP contribution in [0.3, 0.4) is 0 Å². The fraction of sp³-hybridized carbons (Fsp3) is 0.600. The summed E-state index contributed by atoms with van der Waals surface area (Å²) in [5, 5.41) is 32.4. The minimum atomic E-state index is -1.27. The quantitative estimate of drug-likeness (QED) is 0.538. The Morgan fingerprint density at radius 3 is 1.89 bits per heavy atom. The van der Waals surface area contributed by atoms with Crippen molar-refractivity contribution in [2.24, 2.45) is 22.7 Å². The van der Waals surface area contributed by atoms with E-state index in [-0.39, 0.29) is 29.8 Å². The van der Waals surface area contributed by atoms with Gasteiger partial charge >= 0.3 is 0 Å². The number of fused-ring (bicyclic) bond motifs is 2. The van der Waals surface area contributed by atoms with Crippen LogP contribution in [0.2, 0.25) is 0 Å². The van der Waals surface area contributed by atoms with Crippen molar-refractivity contribution in [3.8, 4) is 0 Å². The maximum atomic E-state index is 13.2. The number of aliphatic hydroxyl groups excluding tert-OH is 3. The fourth-order valence-electron chi connectivity index (χ4n) is 6.93. The van der Waals surface area contributed by atoms with Gasteiger partial charge in [0.2, 0.25) is 0 Å². The molecule has 0 bridgehead atoms. The molecule has 2 fully saturated rings. The SMILES string of the molecule is CC1CC[C@@H](O)C2=CC(=O)C(C3=CO[C@@](C)(C4=C[C@@]5(C)C(=CC4=O)[C@H](O)CCC5C)[C@@H](O)C3)=C[C@@]21C. The van der Waals surface area contributed by atoms with Crippen LogP contribution in [0.5, 0.6) is 0 Å². The zero-order valence-electron chi connectivity index (χ0n) is 21.9. The molecule has 4 aliphatic carbocycles. The normalized spacial score (nSPS) is 44.8. The van der Waals surface area contributed by atoms with Gasteiger partial charge in [0, 0.05) is 34.0 Å². The largest absolute Gasteiger partial charge is 0.487 e. The van der Waals surface area contributed by atoms with Gasteiger partial charge in [0.05, 0.1) is 18.5 Å². The topological polar surface area (TPSA) is 104 Å². The van der Waals surface area contributed by atoms with Gasteiger partial charge in [-0.15, -0.1) is 0 Å². The first kappa shape index (κ1) is 25.4. The number of allylic oxidation sites excluding steroid dienone is 5. The monoisotopic (exact) mass is 494 g/mol. The first-order valence-electron chi connectivity index (χ1n) is 13.2. The Labute approximate surface area is 213 Å². The minimum absolute atomic E-state index is 0.167. The van der Waals surface area contributed by atoms with Crippen LogP contribution in [0.15, 0.2) is 58.4 Å². The van der Waals surface area contributed by atoms with Crippen LogP contribution in [0.1, 0.15) is 66.7 Å². The highest BCUT2D eigenvalue weighted by atomic mass is 16.5. The maximum Gasteiger partial charge on any atom is 0.186 e. The number of carbonyl (C=O) groups excluding carboxylic acids is 2. The van der Waals surface area contributed by atoms with Gasteiger partial charge in [-0.3, -0.25) is 9.59 Å². The molecule has 2 unspecified atom stereocenters. The van der Waals surface area contributed by atoms with E-state index in [2.05, 4.69) is 20.8 Å². The average Bonchev–Trinajstić information content (AvgIpc) is 2.83. The summed E-state index contributed by atoms with van der Waals surface area (Å²) in [7, 11) is 0. The van der Waals surface area contributed by atoms with Crippen LogP contribution in [0, 0.1) is 22.7 Å². The minimum Gasteiger partial charge on any atom is -0.487 e. The number of carbonyl (C=O) groups is 2. The highest BCUT2D eigenvalue weighted by molar-refractivity contribution is 6.09. The zero-order valence-corrected chi connectivity index (χ0v) is 21.9. The highest BCUT2D eigenvalue weighted by Gasteiger charge is 2.51. The molecule has 2 saturated carbocycles. The van der Waals surface area contributed by atoms with E-state index in [0.717, 1.165) is 24.0 Å². The Balaban J connectivity index is 1.48. The van der Waals surface area contributed by atoms with E-state index in [1.807, 2.05) is 19.1 Å². The maximum absolute atomic E-state index is 13.2. The molecule has 1 heterocycles. The van der Waals surface area contributed by atoms with E-state index < -0.39 is 34.7 Å². The molecule has 0 aromatic carbocycles. The Hall–Kier alpha value is -2.28. The van der Waals surface area contributed by atoms with Gasteiger partial charge in [0.25, 0.3) is 0 Å². The standard InChI is InChI=1S/C30H38O6/c1-16-6-8-23(31)20-11-25(33)19(13-28(16,20)3)18-10-27(35)30(5,36-15-18)22-14-29(4)17(2)7-9-24(32)21(29)12-26(22)34/h11-17,23-24,27,31-32,35H,6-10H2,1-5H3/t16?,17?,23-,24-,27+,28-,29-,30+/m1/s1. The molecule has 5 rings (SSSR count). The number of hydrogen-bond donors (Lipinski definition) is 3. The summed E-state index contributed by atoms with van der Waals surface area (Å²) in [6.07, 6.45) is 9.30. The molecular formula is C30H38O6. The lowest BCUT2D eigenvalue weighted by atomic mass is 9.59. The fourth-order valence-corrected chi connectivity index (χ4v) is 6.93. The predicted octanol–water partition coefficient (Wildman–Crippen LogP) is 3.88. The summed E-state index contributed by atoms with van der Waals surface area (Å²) < 4.78 is 6.15. The van der Waals surface area contributed by atoms with Gasteiger partial charge in [0.15, 0.2) is 17.2 Å². The van der Waals surface area contributed by atoms with Crippen molar-refractivity contribution in [3.05, 3.63) is 58.4 Å². The van der Waals surface area contributed by atoms with E-state index in [0.29, 0.717) is 29.6 Å². The van der Waals surface area contributed by atoms with E-state index in [9.17, 15) is 24.9 Å². The third kappa shape index (κ3) is 3.56. The van der Waals surface area contributed by atoms with E-state index in [1.165, 1.54) is 12.3 Å². The molecule has 0 aromatic heterocycles. The van der Waals surface area contributed by atoms with Crippen molar-refractivity contribution < 1.29 is 29.6 Å². The molecular weight excluding hydrogens is 456 g/mol. The number of rotatable bonds is 2. The number of aliphatic hydroxyl groups is 3. The molecule has 194 valence electrons. The van der Waals surface area contributed by atoms with Crippen molar-refractivity contribution in [2.75, 3.05) is 0 Å². The molecule has 0 amide bonds. The van der Waals surface area contributed by atoms with Crippen LogP contribution in [-0.2, 0) is 14.3 Å². The number of ether oxygens (including phenoxy) is 1. The lowest BCUT2D eigenvalue weighted by Gasteiger charge is -2.48.